The SMILES string of the molecule is COc1cc(-c2ccc(CN3CCNCC3)cc2)cc(OC)c1OC. The second kappa shape index (κ2) is 8.23. The van der Waals surface area contributed by atoms with Crippen LogP contribution in [-0.2, 0) is 6.54 Å². The Kier molecular flexibility index (Phi) is 5.79. The summed E-state index contributed by atoms with van der Waals surface area (Å²) in [7, 11) is 4.89. The topological polar surface area (TPSA) is 43.0 Å². The number of rotatable bonds is 6. The Morgan fingerprint density at radius 2 is 1.44 bits per heavy atom. The Labute approximate surface area is 149 Å². The largest absolute Gasteiger partial charge is 0.493 e. The van der Waals surface area contributed by atoms with Gasteiger partial charge in [-0.2, -0.15) is 0 Å². The van der Waals surface area contributed by atoms with Gasteiger partial charge >= 0.3 is 0 Å². The van der Waals surface area contributed by atoms with E-state index in [0.717, 1.165) is 43.9 Å². The molecule has 5 nitrogen and oxygen atoms in total. The molecular formula is C20H26N2O3. The Morgan fingerprint density at radius 1 is 0.840 bits per heavy atom. The molecule has 0 radical (unpaired) electrons. The summed E-state index contributed by atoms with van der Waals surface area (Å²) in [6.07, 6.45) is 0. The summed E-state index contributed by atoms with van der Waals surface area (Å²) in [6.45, 7) is 5.35. The summed E-state index contributed by atoms with van der Waals surface area (Å²) in [4.78, 5) is 2.48. The zero-order chi connectivity index (χ0) is 17.6. The molecule has 1 fully saturated rings. The highest BCUT2D eigenvalue weighted by molar-refractivity contribution is 5.71. The zero-order valence-electron chi connectivity index (χ0n) is 15.2. The van der Waals surface area contributed by atoms with Crippen molar-refractivity contribution in [3.63, 3.8) is 0 Å². The maximum absolute atomic E-state index is 5.45. The van der Waals surface area contributed by atoms with Crippen LogP contribution in [0.4, 0.5) is 0 Å². The molecule has 0 aliphatic carbocycles. The van der Waals surface area contributed by atoms with Crippen molar-refractivity contribution in [2.75, 3.05) is 47.5 Å². The predicted molar refractivity (Wildman–Crippen MR) is 99.7 cm³/mol. The van der Waals surface area contributed by atoms with E-state index >= 15 is 0 Å². The lowest BCUT2D eigenvalue weighted by Gasteiger charge is -2.27. The Bertz CT molecular complexity index is 670. The minimum atomic E-state index is 0.615. The molecule has 0 spiro atoms. The third-order valence-electron chi connectivity index (χ3n) is 4.57. The molecule has 2 aromatic rings. The van der Waals surface area contributed by atoms with E-state index in [1.807, 2.05) is 12.1 Å². The Hall–Kier alpha value is -2.24. The van der Waals surface area contributed by atoms with Crippen molar-refractivity contribution in [1.29, 1.82) is 0 Å². The molecule has 0 bridgehead atoms. The number of nitrogens with zero attached hydrogens (tertiary/aromatic N) is 1. The van der Waals surface area contributed by atoms with Crippen molar-refractivity contribution >= 4 is 0 Å². The maximum atomic E-state index is 5.45. The second-order valence-electron chi connectivity index (χ2n) is 6.14. The van der Waals surface area contributed by atoms with Crippen LogP contribution >= 0.6 is 0 Å². The standard InChI is InChI=1S/C20H26N2O3/c1-23-18-12-17(13-19(24-2)20(18)25-3)16-6-4-15(5-7-16)14-22-10-8-21-9-11-22/h4-7,12-13,21H,8-11,14H2,1-3H3. The third-order valence-corrected chi connectivity index (χ3v) is 4.57. The molecule has 1 aliphatic heterocycles. The van der Waals surface area contributed by atoms with Gasteiger partial charge in [0.05, 0.1) is 21.3 Å². The van der Waals surface area contributed by atoms with Gasteiger partial charge in [-0.05, 0) is 28.8 Å². The minimum Gasteiger partial charge on any atom is -0.493 e. The van der Waals surface area contributed by atoms with Gasteiger partial charge in [-0.25, -0.2) is 0 Å². The smallest absolute Gasteiger partial charge is 0.203 e. The fraction of sp³-hybridized carbons (Fsp3) is 0.400. The molecule has 134 valence electrons. The molecule has 0 aromatic heterocycles. The molecule has 2 aromatic carbocycles. The van der Waals surface area contributed by atoms with Crippen LogP contribution in [0.15, 0.2) is 36.4 Å². The lowest BCUT2D eigenvalue weighted by Crippen LogP contribution is -2.42. The number of methoxy groups -OCH3 is 3. The van der Waals surface area contributed by atoms with Crippen molar-refractivity contribution in [3.05, 3.63) is 42.0 Å². The van der Waals surface area contributed by atoms with Crippen LogP contribution in [-0.4, -0.2) is 52.4 Å². The van der Waals surface area contributed by atoms with E-state index in [0.29, 0.717) is 17.2 Å². The van der Waals surface area contributed by atoms with Gasteiger partial charge in [0.2, 0.25) is 5.75 Å². The van der Waals surface area contributed by atoms with E-state index in [1.54, 1.807) is 21.3 Å². The molecular weight excluding hydrogens is 316 g/mol. The summed E-state index contributed by atoms with van der Waals surface area (Å²) in [6, 6.07) is 12.6. The normalized spacial score (nSPS) is 15.0. The molecule has 5 heteroatoms. The number of piperazine rings is 1. The average molecular weight is 342 g/mol. The highest BCUT2D eigenvalue weighted by Gasteiger charge is 2.14. The van der Waals surface area contributed by atoms with Crippen LogP contribution in [0.1, 0.15) is 5.56 Å². The quantitative estimate of drug-likeness (QED) is 0.874. The summed E-state index contributed by atoms with van der Waals surface area (Å²) in [5, 5.41) is 3.39. The van der Waals surface area contributed by atoms with Crippen LogP contribution in [0, 0.1) is 0 Å². The van der Waals surface area contributed by atoms with Gasteiger partial charge in [0, 0.05) is 32.7 Å². The first kappa shape index (κ1) is 17.6. The van der Waals surface area contributed by atoms with Crippen LogP contribution in [0.5, 0.6) is 17.2 Å². The van der Waals surface area contributed by atoms with Crippen LogP contribution in [0.25, 0.3) is 11.1 Å². The first-order valence-electron chi connectivity index (χ1n) is 8.57. The zero-order valence-corrected chi connectivity index (χ0v) is 15.2. The van der Waals surface area contributed by atoms with Gasteiger partial charge in [-0.15, -0.1) is 0 Å². The van der Waals surface area contributed by atoms with Crippen molar-refractivity contribution < 1.29 is 14.2 Å². The molecule has 0 atom stereocenters. The molecule has 1 heterocycles. The van der Waals surface area contributed by atoms with Crippen molar-refractivity contribution in [1.82, 2.24) is 10.2 Å². The molecule has 0 amide bonds. The molecule has 3 rings (SSSR count). The Balaban J connectivity index is 1.81. The second-order valence-corrected chi connectivity index (χ2v) is 6.14. The van der Waals surface area contributed by atoms with Gasteiger partial charge in [-0.1, -0.05) is 24.3 Å². The van der Waals surface area contributed by atoms with Gasteiger partial charge in [0.25, 0.3) is 0 Å². The predicted octanol–water partition coefficient (Wildman–Crippen LogP) is 2.78. The van der Waals surface area contributed by atoms with Crippen molar-refractivity contribution in [2.45, 2.75) is 6.54 Å². The van der Waals surface area contributed by atoms with E-state index in [4.69, 9.17) is 14.2 Å². The van der Waals surface area contributed by atoms with E-state index < -0.39 is 0 Å². The Morgan fingerprint density at radius 3 is 1.96 bits per heavy atom. The number of ether oxygens (including phenoxy) is 3. The van der Waals surface area contributed by atoms with E-state index in [-0.39, 0.29) is 0 Å². The fourth-order valence-electron chi connectivity index (χ4n) is 3.18. The number of hydrogen-bond acceptors (Lipinski definition) is 5. The molecule has 0 saturated carbocycles. The first-order valence-corrected chi connectivity index (χ1v) is 8.57. The molecule has 25 heavy (non-hydrogen) atoms. The van der Waals surface area contributed by atoms with Gasteiger partial charge in [0.15, 0.2) is 11.5 Å². The van der Waals surface area contributed by atoms with E-state index in [9.17, 15) is 0 Å². The lowest BCUT2D eigenvalue weighted by molar-refractivity contribution is 0.233. The fourth-order valence-corrected chi connectivity index (χ4v) is 3.18. The highest BCUT2D eigenvalue weighted by atomic mass is 16.5. The number of benzene rings is 2. The summed E-state index contributed by atoms with van der Waals surface area (Å²) in [5.41, 5.74) is 3.50. The molecule has 1 aliphatic rings. The highest BCUT2D eigenvalue weighted by Crippen LogP contribution is 2.41. The first-order chi connectivity index (χ1) is 12.2. The van der Waals surface area contributed by atoms with E-state index in [2.05, 4.69) is 34.5 Å². The number of nitrogens with one attached hydrogen (secondary N) is 1. The van der Waals surface area contributed by atoms with Gasteiger partial charge in [0.1, 0.15) is 0 Å². The summed E-state index contributed by atoms with van der Waals surface area (Å²) in [5.74, 6) is 1.95. The maximum Gasteiger partial charge on any atom is 0.203 e. The summed E-state index contributed by atoms with van der Waals surface area (Å²) < 4.78 is 16.3. The lowest BCUT2D eigenvalue weighted by atomic mass is 10.0. The van der Waals surface area contributed by atoms with Gasteiger partial charge in [-0.3, -0.25) is 4.90 Å². The molecule has 0 unspecified atom stereocenters. The number of hydrogen-bond donors (Lipinski definition) is 1. The third kappa shape index (κ3) is 4.06. The van der Waals surface area contributed by atoms with Crippen LogP contribution in [0.2, 0.25) is 0 Å². The molecule has 1 N–H and O–H groups in total. The van der Waals surface area contributed by atoms with Crippen molar-refractivity contribution in [2.24, 2.45) is 0 Å². The van der Waals surface area contributed by atoms with Crippen LogP contribution < -0.4 is 19.5 Å². The average Bonchev–Trinajstić information content (AvgIpc) is 2.68. The van der Waals surface area contributed by atoms with Crippen LogP contribution in [0.3, 0.4) is 0 Å². The van der Waals surface area contributed by atoms with Crippen molar-refractivity contribution in [3.8, 4) is 28.4 Å². The monoisotopic (exact) mass is 342 g/mol. The van der Waals surface area contributed by atoms with E-state index in [1.165, 1.54) is 5.56 Å². The molecule has 1 saturated heterocycles. The van der Waals surface area contributed by atoms with Gasteiger partial charge < -0.3 is 19.5 Å². The minimum absolute atomic E-state index is 0.615. The summed E-state index contributed by atoms with van der Waals surface area (Å²) >= 11 is 0.